The van der Waals surface area contributed by atoms with Crippen LogP contribution in [0.5, 0.6) is 0 Å². The van der Waals surface area contributed by atoms with Crippen molar-refractivity contribution in [2.45, 2.75) is 12.7 Å². The number of anilines is 1. The molecule has 0 bridgehead atoms. The second-order valence-corrected chi connectivity index (χ2v) is 6.89. The fraction of sp³-hybridized carbons (Fsp3) is 0.211. The number of benzene rings is 1. The summed E-state index contributed by atoms with van der Waals surface area (Å²) in [6.07, 6.45) is 3.07. The van der Waals surface area contributed by atoms with E-state index in [1.54, 1.807) is 43.1 Å². The number of hydrogen-bond acceptors (Lipinski definition) is 6. The van der Waals surface area contributed by atoms with E-state index in [0.717, 1.165) is 11.3 Å². The molecule has 0 radical (unpaired) electrons. The molecule has 0 saturated carbocycles. The van der Waals surface area contributed by atoms with Crippen LogP contribution in [-0.4, -0.2) is 33.1 Å². The van der Waals surface area contributed by atoms with Crippen molar-refractivity contribution < 1.29 is 13.9 Å². The minimum absolute atomic E-state index is 0.272. The predicted octanol–water partition coefficient (Wildman–Crippen LogP) is 3.39. The van der Waals surface area contributed by atoms with Crippen LogP contribution >= 0.6 is 11.8 Å². The molecule has 0 saturated heterocycles. The summed E-state index contributed by atoms with van der Waals surface area (Å²) in [5, 5.41) is 4.11. The number of nitrogens with two attached hydrogens (primary N) is 1. The Balaban J connectivity index is 1.52. The fourth-order valence-corrected chi connectivity index (χ4v) is 3.28. The Hall–Kier alpha value is -2.87. The maximum atomic E-state index is 13.9. The van der Waals surface area contributed by atoms with Crippen LogP contribution < -0.4 is 5.73 Å². The van der Waals surface area contributed by atoms with E-state index < -0.39 is 11.8 Å². The summed E-state index contributed by atoms with van der Waals surface area (Å²) in [6.45, 7) is 1.98. The van der Waals surface area contributed by atoms with E-state index in [1.165, 1.54) is 16.9 Å². The Morgan fingerprint density at radius 2 is 2.15 bits per heavy atom. The molecule has 0 unspecified atom stereocenters. The number of carbonyl (C=O) groups is 1. The Kier molecular flexibility index (Phi) is 6.08. The monoisotopic (exact) mass is 386 g/mol. The van der Waals surface area contributed by atoms with Gasteiger partial charge < -0.3 is 10.5 Å². The minimum Gasteiger partial charge on any atom is -0.461 e. The molecule has 0 aliphatic rings. The van der Waals surface area contributed by atoms with Crippen LogP contribution in [0.1, 0.15) is 21.6 Å². The van der Waals surface area contributed by atoms with Crippen molar-refractivity contribution in [1.29, 1.82) is 0 Å². The Morgan fingerprint density at radius 3 is 2.93 bits per heavy atom. The SMILES string of the molecule is Cc1c(C(=O)OCCSCc2ccnc(N)c2)cnn1-c1ccccc1F. The number of ether oxygens (including phenoxy) is 1. The summed E-state index contributed by atoms with van der Waals surface area (Å²) >= 11 is 1.63. The highest BCUT2D eigenvalue weighted by atomic mass is 32.2. The van der Waals surface area contributed by atoms with Crippen LogP contribution in [0.4, 0.5) is 10.2 Å². The molecule has 0 fully saturated rings. The van der Waals surface area contributed by atoms with Gasteiger partial charge in [-0.25, -0.2) is 18.9 Å². The van der Waals surface area contributed by atoms with Gasteiger partial charge in [0.05, 0.1) is 11.9 Å². The molecule has 0 aliphatic heterocycles. The maximum Gasteiger partial charge on any atom is 0.341 e. The minimum atomic E-state index is -0.469. The molecular weight excluding hydrogens is 367 g/mol. The summed E-state index contributed by atoms with van der Waals surface area (Å²) in [6, 6.07) is 9.99. The second-order valence-electron chi connectivity index (χ2n) is 5.78. The van der Waals surface area contributed by atoms with E-state index in [4.69, 9.17) is 10.5 Å². The van der Waals surface area contributed by atoms with Gasteiger partial charge in [-0.3, -0.25) is 0 Å². The standard InChI is InChI=1S/C19H19FN4O2S/c1-13-15(11-23-24(13)17-5-3-2-4-16(17)20)19(25)26-8-9-27-12-14-6-7-22-18(21)10-14/h2-7,10-11H,8-9,12H2,1H3,(H2,21,22). The molecule has 0 spiro atoms. The molecule has 3 aromatic rings. The molecule has 140 valence electrons. The van der Waals surface area contributed by atoms with Crippen LogP contribution in [-0.2, 0) is 10.5 Å². The van der Waals surface area contributed by atoms with Crippen LogP contribution in [0.3, 0.4) is 0 Å². The van der Waals surface area contributed by atoms with Gasteiger partial charge in [-0.15, -0.1) is 0 Å². The van der Waals surface area contributed by atoms with E-state index in [0.29, 0.717) is 28.5 Å². The molecule has 8 heteroatoms. The first-order valence-electron chi connectivity index (χ1n) is 8.31. The Labute approximate surface area is 160 Å². The van der Waals surface area contributed by atoms with Crippen molar-refractivity contribution in [3.63, 3.8) is 0 Å². The molecule has 2 heterocycles. The van der Waals surface area contributed by atoms with Gasteiger partial charge in [0.1, 0.15) is 29.5 Å². The van der Waals surface area contributed by atoms with Crippen molar-refractivity contribution in [2.24, 2.45) is 0 Å². The average Bonchev–Trinajstić information content (AvgIpc) is 3.03. The van der Waals surface area contributed by atoms with Gasteiger partial charge in [-0.05, 0) is 36.8 Å². The summed E-state index contributed by atoms with van der Waals surface area (Å²) in [5.41, 5.74) is 7.86. The van der Waals surface area contributed by atoms with Crippen LogP contribution in [0, 0.1) is 12.7 Å². The second kappa shape index (κ2) is 8.68. The molecule has 2 N–H and O–H groups in total. The molecule has 0 amide bonds. The van der Waals surface area contributed by atoms with Crippen molar-refractivity contribution >= 4 is 23.5 Å². The van der Waals surface area contributed by atoms with Crippen LogP contribution in [0.2, 0.25) is 0 Å². The highest BCUT2D eigenvalue weighted by molar-refractivity contribution is 7.98. The maximum absolute atomic E-state index is 13.9. The first-order chi connectivity index (χ1) is 13.1. The number of para-hydroxylation sites is 1. The number of aromatic nitrogens is 3. The van der Waals surface area contributed by atoms with Gasteiger partial charge in [0.15, 0.2) is 0 Å². The van der Waals surface area contributed by atoms with Crippen molar-refractivity contribution in [3.05, 3.63) is 71.4 Å². The lowest BCUT2D eigenvalue weighted by atomic mass is 10.2. The van der Waals surface area contributed by atoms with Crippen LogP contribution in [0.25, 0.3) is 5.69 Å². The summed E-state index contributed by atoms with van der Waals surface area (Å²) < 4.78 is 20.6. The zero-order valence-electron chi connectivity index (χ0n) is 14.8. The lowest BCUT2D eigenvalue weighted by molar-refractivity contribution is 0.0529. The van der Waals surface area contributed by atoms with E-state index in [9.17, 15) is 9.18 Å². The third-order valence-electron chi connectivity index (χ3n) is 3.89. The van der Waals surface area contributed by atoms with E-state index in [2.05, 4.69) is 10.1 Å². The highest BCUT2D eigenvalue weighted by Crippen LogP contribution is 2.18. The molecule has 3 rings (SSSR count). The highest BCUT2D eigenvalue weighted by Gasteiger charge is 2.17. The first-order valence-corrected chi connectivity index (χ1v) is 9.46. The number of halogens is 1. The molecule has 2 aromatic heterocycles. The first kappa shape index (κ1) is 18.9. The number of rotatable bonds is 7. The van der Waals surface area contributed by atoms with Gasteiger partial charge in [-0.2, -0.15) is 16.9 Å². The van der Waals surface area contributed by atoms with Crippen LogP contribution in [0.15, 0.2) is 48.8 Å². The topological polar surface area (TPSA) is 83.0 Å². The third kappa shape index (κ3) is 4.65. The molecular formula is C19H19FN4O2S. The zero-order chi connectivity index (χ0) is 19.2. The van der Waals surface area contributed by atoms with Crippen molar-refractivity contribution in [2.75, 3.05) is 18.1 Å². The van der Waals surface area contributed by atoms with Gasteiger partial charge >= 0.3 is 5.97 Å². The Morgan fingerprint density at radius 1 is 1.33 bits per heavy atom. The zero-order valence-corrected chi connectivity index (χ0v) is 15.6. The van der Waals surface area contributed by atoms with E-state index >= 15 is 0 Å². The lowest BCUT2D eigenvalue weighted by Gasteiger charge is -2.07. The summed E-state index contributed by atoms with van der Waals surface area (Å²) in [7, 11) is 0. The average molecular weight is 386 g/mol. The number of pyridine rings is 1. The van der Waals surface area contributed by atoms with Gasteiger partial charge in [0, 0.05) is 17.7 Å². The van der Waals surface area contributed by atoms with Gasteiger partial charge in [0.2, 0.25) is 0 Å². The summed E-state index contributed by atoms with van der Waals surface area (Å²) in [4.78, 5) is 16.2. The number of hydrogen-bond donors (Lipinski definition) is 1. The molecule has 0 atom stereocenters. The molecule has 1 aromatic carbocycles. The normalized spacial score (nSPS) is 10.7. The summed E-state index contributed by atoms with van der Waals surface area (Å²) in [5.74, 6) is 1.02. The number of nitrogen functional groups attached to an aromatic ring is 1. The lowest BCUT2D eigenvalue weighted by Crippen LogP contribution is -2.10. The molecule has 6 nitrogen and oxygen atoms in total. The van der Waals surface area contributed by atoms with E-state index in [-0.39, 0.29) is 6.61 Å². The Bertz CT molecular complexity index is 945. The quantitative estimate of drug-likeness (QED) is 0.495. The molecule has 0 aliphatic carbocycles. The van der Waals surface area contributed by atoms with Crippen molar-refractivity contribution in [1.82, 2.24) is 14.8 Å². The fourth-order valence-electron chi connectivity index (χ4n) is 2.52. The predicted molar refractivity (Wildman–Crippen MR) is 103 cm³/mol. The molecule has 27 heavy (non-hydrogen) atoms. The third-order valence-corrected chi connectivity index (χ3v) is 4.88. The largest absolute Gasteiger partial charge is 0.461 e. The van der Waals surface area contributed by atoms with Gasteiger partial charge in [-0.1, -0.05) is 12.1 Å². The number of thioether (sulfide) groups is 1. The number of nitrogens with zero attached hydrogens (tertiary/aromatic N) is 3. The number of esters is 1. The smallest absolute Gasteiger partial charge is 0.341 e. The van der Waals surface area contributed by atoms with E-state index in [1.807, 2.05) is 12.1 Å². The van der Waals surface area contributed by atoms with Gasteiger partial charge in [0.25, 0.3) is 0 Å². The number of carbonyl (C=O) groups excluding carboxylic acids is 1. The van der Waals surface area contributed by atoms with Crippen molar-refractivity contribution in [3.8, 4) is 5.69 Å².